The molecule has 0 saturated carbocycles. The molecule has 30 heavy (non-hydrogen) atoms. The SMILES string of the molecule is NC(=O)COc1ccccc1C1=NC(c2ccc(Cl)cc2)C(c2ccc(Cl)cc2)N1. The highest BCUT2D eigenvalue weighted by Gasteiger charge is 2.32. The van der Waals surface area contributed by atoms with Gasteiger partial charge in [0, 0.05) is 10.0 Å². The number of para-hydroxylation sites is 1. The minimum absolute atomic E-state index is 0.109. The van der Waals surface area contributed by atoms with Gasteiger partial charge >= 0.3 is 0 Å². The molecule has 1 heterocycles. The number of carbonyl (C=O) groups excluding carboxylic acids is 1. The molecule has 2 atom stereocenters. The molecule has 3 aromatic rings. The summed E-state index contributed by atoms with van der Waals surface area (Å²) in [6.45, 7) is -0.203. The summed E-state index contributed by atoms with van der Waals surface area (Å²) in [4.78, 5) is 16.1. The van der Waals surface area contributed by atoms with E-state index in [2.05, 4.69) is 5.32 Å². The number of amidine groups is 1. The lowest BCUT2D eigenvalue weighted by atomic mass is 9.95. The van der Waals surface area contributed by atoms with Gasteiger partial charge in [-0.1, -0.05) is 59.6 Å². The third kappa shape index (κ3) is 4.42. The fourth-order valence-corrected chi connectivity index (χ4v) is 3.68. The summed E-state index contributed by atoms with van der Waals surface area (Å²) < 4.78 is 5.59. The second kappa shape index (κ2) is 8.78. The maximum atomic E-state index is 11.2. The number of aliphatic imine (C=N–C) groups is 1. The van der Waals surface area contributed by atoms with Crippen molar-refractivity contribution >= 4 is 34.9 Å². The quantitative estimate of drug-likeness (QED) is 0.584. The largest absolute Gasteiger partial charge is 0.483 e. The molecule has 0 spiro atoms. The van der Waals surface area contributed by atoms with E-state index < -0.39 is 5.91 Å². The van der Waals surface area contributed by atoms with Crippen LogP contribution in [0.25, 0.3) is 0 Å². The third-order valence-corrected chi connectivity index (χ3v) is 5.33. The second-order valence-corrected chi connectivity index (χ2v) is 7.77. The molecule has 1 aliphatic rings. The molecule has 0 fully saturated rings. The Kier molecular flexibility index (Phi) is 5.93. The lowest BCUT2D eigenvalue weighted by Crippen LogP contribution is -2.26. The number of hydrogen-bond donors (Lipinski definition) is 2. The van der Waals surface area contributed by atoms with Crippen molar-refractivity contribution in [2.75, 3.05) is 6.61 Å². The van der Waals surface area contributed by atoms with Gasteiger partial charge in [-0.25, -0.2) is 0 Å². The van der Waals surface area contributed by atoms with Crippen LogP contribution in [-0.4, -0.2) is 18.3 Å². The van der Waals surface area contributed by atoms with Crippen molar-refractivity contribution < 1.29 is 9.53 Å². The van der Waals surface area contributed by atoms with Gasteiger partial charge in [-0.05, 0) is 47.5 Å². The molecule has 4 rings (SSSR count). The number of halogens is 2. The molecule has 2 unspecified atom stereocenters. The van der Waals surface area contributed by atoms with Gasteiger partial charge in [-0.15, -0.1) is 0 Å². The lowest BCUT2D eigenvalue weighted by Gasteiger charge is -2.20. The number of nitrogens with two attached hydrogens (primary N) is 1. The first-order chi connectivity index (χ1) is 14.5. The monoisotopic (exact) mass is 439 g/mol. The van der Waals surface area contributed by atoms with Crippen LogP contribution in [0, 0.1) is 0 Å². The summed E-state index contributed by atoms with van der Waals surface area (Å²) in [5, 5.41) is 4.85. The van der Waals surface area contributed by atoms with Gasteiger partial charge in [0.15, 0.2) is 6.61 Å². The molecule has 152 valence electrons. The molecular weight excluding hydrogens is 421 g/mol. The standard InChI is InChI=1S/C23H19Cl2N3O2/c24-16-9-5-14(6-10-16)21-22(15-7-11-17(25)12-8-15)28-23(27-21)18-3-1-2-4-19(18)30-13-20(26)29/h1-12,21-22H,13H2,(H2,26,29)(H,27,28). The molecule has 7 heteroatoms. The van der Waals surface area contributed by atoms with Crippen molar-refractivity contribution in [3.05, 3.63) is 99.5 Å². The normalized spacial score (nSPS) is 17.9. The number of rotatable bonds is 6. The molecule has 0 bridgehead atoms. The molecule has 3 N–H and O–H groups in total. The van der Waals surface area contributed by atoms with Gasteiger partial charge in [-0.3, -0.25) is 9.79 Å². The van der Waals surface area contributed by atoms with E-state index in [0.717, 1.165) is 16.7 Å². The number of benzene rings is 3. The van der Waals surface area contributed by atoms with Crippen LogP contribution in [-0.2, 0) is 4.79 Å². The molecule has 3 aromatic carbocycles. The number of nitrogens with zero attached hydrogens (tertiary/aromatic N) is 1. The Morgan fingerprint density at radius 3 is 2.17 bits per heavy atom. The maximum Gasteiger partial charge on any atom is 0.255 e. The predicted molar refractivity (Wildman–Crippen MR) is 119 cm³/mol. The number of hydrogen-bond acceptors (Lipinski definition) is 4. The average molecular weight is 440 g/mol. The van der Waals surface area contributed by atoms with Crippen molar-refractivity contribution in [3.63, 3.8) is 0 Å². The zero-order chi connectivity index (χ0) is 21.1. The molecule has 0 saturated heterocycles. The van der Waals surface area contributed by atoms with Crippen molar-refractivity contribution in [1.29, 1.82) is 0 Å². The number of ether oxygens (including phenoxy) is 1. The fourth-order valence-electron chi connectivity index (χ4n) is 3.42. The Labute approximate surface area is 184 Å². The minimum Gasteiger partial charge on any atom is -0.483 e. The van der Waals surface area contributed by atoms with Crippen molar-refractivity contribution in [2.45, 2.75) is 12.1 Å². The van der Waals surface area contributed by atoms with E-state index in [0.29, 0.717) is 21.6 Å². The van der Waals surface area contributed by atoms with Gasteiger partial charge in [-0.2, -0.15) is 0 Å². The average Bonchev–Trinajstić information content (AvgIpc) is 3.19. The number of primary amides is 1. The molecule has 0 radical (unpaired) electrons. The summed E-state index contributed by atoms with van der Waals surface area (Å²) in [5.74, 6) is 0.674. The molecular formula is C23H19Cl2N3O2. The van der Waals surface area contributed by atoms with E-state index in [4.69, 9.17) is 38.7 Å². The van der Waals surface area contributed by atoms with Crippen LogP contribution >= 0.6 is 23.2 Å². The van der Waals surface area contributed by atoms with Gasteiger partial charge in [0.25, 0.3) is 5.91 Å². The molecule has 0 aliphatic carbocycles. The highest BCUT2D eigenvalue weighted by molar-refractivity contribution is 6.30. The molecule has 1 aliphatic heterocycles. The maximum absolute atomic E-state index is 11.2. The predicted octanol–water partition coefficient (Wildman–Crippen LogP) is 4.69. The first-order valence-corrected chi connectivity index (χ1v) is 10.1. The Hall–Kier alpha value is -3.02. The fraction of sp³-hybridized carbons (Fsp3) is 0.130. The van der Waals surface area contributed by atoms with Crippen LogP contribution in [0.5, 0.6) is 5.75 Å². The Balaban J connectivity index is 1.73. The highest BCUT2D eigenvalue weighted by Crippen LogP contribution is 2.38. The van der Waals surface area contributed by atoms with Crippen LogP contribution in [0.1, 0.15) is 28.8 Å². The van der Waals surface area contributed by atoms with E-state index in [1.54, 1.807) is 6.07 Å². The van der Waals surface area contributed by atoms with Gasteiger partial charge in [0.1, 0.15) is 17.6 Å². The highest BCUT2D eigenvalue weighted by atomic mass is 35.5. The van der Waals surface area contributed by atoms with E-state index in [1.807, 2.05) is 66.7 Å². The van der Waals surface area contributed by atoms with Crippen LogP contribution in [0.3, 0.4) is 0 Å². The van der Waals surface area contributed by atoms with Gasteiger partial charge in [0.05, 0.1) is 11.6 Å². The van der Waals surface area contributed by atoms with Crippen LogP contribution in [0.2, 0.25) is 10.0 Å². The van der Waals surface area contributed by atoms with E-state index >= 15 is 0 Å². The van der Waals surface area contributed by atoms with Gasteiger partial charge < -0.3 is 15.8 Å². The van der Waals surface area contributed by atoms with Gasteiger partial charge in [0.2, 0.25) is 0 Å². The Morgan fingerprint density at radius 1 is 0.933 bits per heavy atom. The smallest absolute Gasteiger partial charge is 0.255 e. The van der Waals surface area contributed by atoms with Crippen molar-refractivity contribution in [1.82, 2.24) is 5.32 Å². The Morgan fingerprint density at radius 2 is 1.53 bits per heavy atom. The topological polar surface area (TPSA) is 76.7 Å². The summed E-state index contributed by atoms with van der Waals surface area (Å²) in [6, 6.07) is 22.5. The Bertz CT molecular complexity index is 1080. The molecule has 1 amide bonds. The van der Waals surface area contributed by atoms with Crippen molar-refractivity contribution in [3.8, 4) is 5.75 Å². The van der Waals surface area contributed by atoms with Crippen LogP contribution < -0.4 is 15.8 Å². The van der Waals surface area contributed by atoms with E-state index in [9.17, 15) is 4.79 Å². The van der Waals surface area contributed by atoms with Crippen LogP contribution in [0.4, 0.5) is 0 Å². The second-order valence-electron chi connectivity index (χ2n) is 6.90. The third-order valence-electron chi connectivity index (χ3n) is 4.83. The summed E-state index contributed by atoms with van der Waals surface area (Å²) in [7, 11) is 0. The summed E-state index contributed by atoms with van der Waals surface area (Å²) in [5.41, 5.74) is 8.07. The number of amides is 1. The van der Waals surface area contributed by atoms with Crippen LogP contribution in [0.15, 0.2) is 77.8 Å². The van der Waals surface area contributed by atoms with Crippen molar-refractivity contribution in [2.24, 2.45) is 10.7 Å². The van der Waals surface area contributed by atoms with E-state index in [1.165, 1.54) is 0 Å². The first kappa shape index (κ1) is 20.3. The minimum atomic E-state index is -0.538. The molecule has 5 nitrogen and oxygen atoms in total. The number of carbonyl (C=O) groups is 1. The first-order valence-electron chi connectivity index (χ1n) is 9.37. The lowest BCUT2D eigenvalue weighted by molar-refractivity contribution is -0.119. The number of nitrogens with one attached hydrogen (secondary N) is 1. The molecule has 0 aromatic heterocycles. The summed E-state index contributed by atoms with van der Waals surface area (Å²) in [6.07, 6.45) is 0. The zero-order valence-electron chi connectivity index (χ0n) is 15.9. The van der Waals surface area contributed by atoms with E-state index in [-0.39, 0.29) is 18.7 Å². The summed E-state index contributed by atoms with van der Waals surface area (Å²) >= 11 is 12.2. The zero-order valence-corrected chi connectivity index (χ0v) is 17.4.